The van der Waals surface area contributed by atoms with E-state index >= 15 is 0 Å². The molecule has 0 N–H and O–H groups in total. The maximum Gasteiger partial charge on any atom is 2.00 e. The normalized spacial score (nSPS) is 1.20. The van der Waals surface area contributed by atoms with Crippen LogP contribution in [0.3, 0.4) is 0 Å². The number of hydrogen-bond acceptors (Lipinski definition) is 1. The summed E-state index contributed by atoms with van der Waals surface area (Å²) >= 11 is 2.94. The molecule has 0 fully saturated rings. The maximum atomic E-state index is 7.81. The summed E-state index contributed by atoms with van der Waals surface area (Å²) in [6.45, 7) is 0. The van der Waals surface area contributed by atoms with E-state index in [4.69, 9.17) is 3.83 Å². The Bertz CT molecular complexity index is 20.5. The fraction of sp³-hybridized carbons (Fsp3) is 0. The smallest absolute Gasteiger partial charge is 0 e. The summed E-state index contributed by atoms with van der Waals surface area (Å²) in [5.41, 5.74) is 0. The maximum absolute atomic E-state index is 7.81. The van der Waals surface area contributed by atoms with Crippen LogP contribution in [0.4, 0.5) is 0 Å². The summed E-state index contributed by atoms with van der Waals surface area (Å²) in [7, 11) is 0. The van der Waals surface area contributed by atoms with Crippen molar-refractivity contribution in [2.75, 3.05) is 0 Å². The molecule has 0 aliphatic heterocycles. The Labute approximate surface area is 132 Å². The number of rotatable bonds is 0. The van der Waals surface area contributed by atoms with Gasteiger partial charge in [-0.15, -0.1) is 0 Å². The molecule has 0 atom stereocenters. The van der Waals surface area contributed by atoms with Gasteiger partial charge in [0.2, 0.25) is 0 Å². The number of hydrogen-bond donors (Lipinski definition) is 0. The molecular weight excluding hydrogens is 412 g/mol. The zero-order valence-corrected chi connectivity index (χ0v) is 13.8. The molecule has 1 radical (unpaired) electrons. The van der Waals surface area contributed by atoms with Crippen LogP contribution >= 0.6 is 0 Å². The molecule has 0 spiro atoms. The monoisotopic (exact) mass is 416 g/mol. The fourth-order valence-corrected chi connectivity index (χ4v) is 0. The van der Waals surface area contributed by atoms with Crippen LogP contribution in [0.1, 0.15) is 5.71 Å². The summed E-state index contributed by atoms with van der Waals surface area (Å²) in [5, 5.41) is 0. The van der Waals surface area contributed by atoms with Crippen molar-refractivity contribution in [3.63, 3.8) is 0 Å². The standard InChI is InChI=1S/Ca.Cu.O.Sr.Tl.4H/q+2;;;+2;;4*-1. The van der Waals surface area contributed by atoms with E-state index in [9.17, 15) is 0 Å². The molecule has 0 aliphatic rings. The van der Waals surface area contributed by atoms with Crippen molar-refractivity contribution in [2.24, 2.45) is 0 Å². The van der Waals surface area contributed by atoms with Gasteiger partial charge in [0.15, 0.2) is 0 Å². The van der Waals surface area contributed by atoms with Crippen LogP contribution in [0.25, 0.3) is 0 Å². The van der Waals surface area contributed by atoms with Crippen LogP contribution in [0.2, 0.25) is 0 Å². The van der Waals surface area contributed by atoms with Gasteiger partial charge in [-0.25, -0.2) is 0 Å². The van der Waals surface area contributed by atoms with Crippen LogP contribution in [-0.2, 0) is 19.8 Å². The Morgan fingerprint density at radius 3 is 1.40 bits per heavy atom. The van der Waals surface area contributed by atoms with E-state index in [1.165, 1.54) is 0 Å². The second-order valence-corrected chi connectivity index (χ2v) is 0. The second kappa shape index (κ2) is 24.5. The molecule has 28 valence electrons. The quantitative estimate of drug-likeness (QED) is 0.473. The minimum atomic E-state index is 0. The van der Waals surface area contributed by atoms with Crippen LogP contribution in [0.15, 0.2) is 0 Å². The minimum Gasteiger partial charge on any atom is 0 e. The topological polar surface area (TPSA) is 17.1 Å². The van der Waals surface area contributed by atoms with Gasteiger partial charge in [0.05, 0.1) is 0 Å². The van der Waals surface area contributed by atoms with Gasteiger partial charge in [0.1, 0.15) is 0 Å². The summed E-state index contributed by atoms with van der Waals surface area (Å²) in [4.78, 5) is 0. The van der Waals surface area contributed by atoms with Crippen molar-refractivity contribution in [1.29, 1.82) is 0 Å². The Morgan fingerprint density at radius 1 is 1.40 bits per heavy atom. The Kier molecular flexibility index (Phi) is 113. The van der Waals surface area contributed by atoms with Gasteiger partial charge in [0.25, 0.3) is 0 Å². The SMILES string of the molecule is [Ca+2].[H-].[H-].[H-].[H-].[O]=[Cu].[Sr+2].[Tl]. The van der Waals surface area contributed by atoms with Gasteiger partial charge < -0.3 is 5.71 Å². The van der Waals surface area contributed by atoms with E-state index in [1.807, 2.05) is 0 Å². The van der Waals surface area contributed by atoms with Gasteiger partial charge in [-0.05, 0) is 0 Å². The van der Waals surface area contributed by atoms with E-state index in [0.29, 0.717) is 0 Å². The van der Waals surface area contributed by atoms with Crippen molar-refractivity contribution in [3.8, 4) is 0 Å². The minimum absolute atomic E-state index is 0. The summed E-state index contributed by atoms with van der Waals surface area (Å²) in [5.74, 6) is 0. The van der Waals surface area contributed by atoms with Gasteiger partial charge in [0, 0.05) is 27.3 Å². The predicted molar refractivity (Wildman–Crippen MR) is 22.4 cm³/mol. The van der Waals surface area contributed by atoms with Crippen LogP contribution < -0.4 is 0 Å². The van der Waals surface area contributed by atoms with Crippen molar-refractivity contribution >= 4 is 111 Å². The van der Waals surface area contributed by atoms with Crippen LogP contribution in [0.5, 0.6) is 0 Å². The molecule has 0 saturated heterocycles. The van der Waals surface area contributed by atoms with Crippen molar-refractivity contribution in [1.82, 2.24) is 0 Å². The Balaban J connectivity index is -0.000000000238. The molecule has 0 heterocycles. The van der Waals surface area contributed by atoms with Gasteiger partial charge >= 0.3 is 103 Å². The molecule has 5 heavy (non-hydrogen) atoms. The summed E-state index contributed by atoms with van der Waals surface area (Å²) < 4.78 is 7.81. The molecule has 1 nitrogen and oxygen atoms in total. The molecule has 0 aromatic carbocycles. The molecule has 5 heteroatoms. The van der Waals surface area contributed by atoms with Gasteiger partial charge in [-0.3, -0.25) is 0 Å². The third kappa shape index (κ3) is 18.0. The first-order valence-electron chi connectivity index (χ1n) is 0.123. The van der Waals surface area contributed by atoms with E-state index < -0.39 is 0 Å². The van der Waals surface area contributed by atoms with Crippen LogP contribution in [0, 0.1) is 0 Å². The van der Waals surface area contributed by atoms with Crippen molar-refractivity contribution < 1.29 is 25.5 Å². The second-order valence-electron chi connectivity index (χ2n) is 0. The Hall–Kier alpha value is 3.98. The van der Waals surface area contributed by atoms with E-state index in [1.54, 1.807) is 0 Å². The van der Waals surface area contributed by atoms with Crippen molar-refractivity contribution in [2.45, 2.75) is 0 Å². The third-order valence-electron chi connectivity index (χ3n) is 0. The summed E-state index contributed by atoms with van der Waals surface area (Å²) in [6.07, 6.45) is 0. The summed E-state index contributed by atoms with van der Waals surface area (Å²) in [6, 6.07) is 0. The van der Waals surface area contributed by atoms with E-state index in [2.05, 4.69) is 15.9 Å². The molecule has 0 amide bonds. The first kappa shape index (κ1) is 23.1. The average Bonchev–Trinajstić information content (AvgIpc) is 1.00. The fourth-order valence-electron chi connectivity index (χ4n) is 0. The zero-order chi connectivity index (χ0) is 2.00. The van der Waals surface area contributed by atoms with Crippen LogP contribution in [-0.4, -0.2) is 111 Å². The first-order chi connectivity index (χ1) is 1.00. The van der Waals surface area contributed by atoms with Crippen molar-refractivity contribution in [3.05, 3.63) is 0 Å². The average molecular weight is 416 g/mol. The van der Waals surface area contributed by atoms with E-state index in [-0.39, 0.29) is 116 Å². The predicted octanol–water partition coefficient (Wildman–Crippen LogP) is -0.814. The van der Waals surface area contributed by atoms with Gasteiger partial charge in [-0.1, -0.05) is 0 Å². The van der Waals surface area contributed by atoms with E-state index in [0.717, 1.165) is 0 Å². The molecular formula is H4CaCuOSrTl. The molecule has 0 unspecified atom stereocenters. The largest absolute Gasteiger partial charge is 2.00 e. The molecule has 0 aromatic rings. The molecule has 0 saturated carbocycles. The molecule has 0 aliphatic carbocycles. The first-order valence-corrected chi connectivity index (χ1v) is 0.508. The molecule has 0 aromatic heterocycles. The molecule has 0 rings (SSSR count). The Morgan fingerprint density at radius 2 is 1.40 bits per heavy atom. The third-order valence-corrected chi connectivity index (χ3v) is 0. The van der Waals surface area contributed by atoms with Gasteiger partial charge in [-0.2, -0.15) is 0 Å². The molecule has 0 bridgehead atoms. The zero-order valence-electron chi connectivity index (χ0n) is 6.70.